The van der Waals surface area contributed by atoms with Crippen LogP contribution in [0.3, 0.4) is 0 Å². The number of nitrogens with one attached hydrogen (secondary N) is 2. The summed E-state index contributed by atoms with van der Waals surface area (Å²) in [6, 6.07) is 12.2. The number of aliphatic carboxylic acids is 1. The molecule has 0 spiro atoms. The quantitative estimate of drug-likeness (QED) is 0.288. The molecule has 1 aromatic heterocycles. The number of carbonyl (C=O) groups is 2. The number of sulfone groups is 1. The number of fused-ring (bicyclic) bond motifs is 1. The first-order valence-electron chi connectivity index (χ1n) is 13.0. The molecule has 3 rings (SSSR count). The van der Waals surface area contributed by atoms with Crippen molar-refractivity contribution in [1.82, 2.24) is 15.2 Å². The van der Waals surface area contributed by atoms with Crippen LogP contribution in [0.25, 0.3) is 0 Å². The fourth-order valence-electron chi connectivity index (χ4n) is 4.26. The highest BCUT2D eigenvalue weighted by Crippen LogP contribution is 2.20. The Morgan fingerprint density at radius 3 is 2.66 bits per heavy atom. The molecule has 0 saturated carbocycles. The number of alkyl carbamates (subject to hydrolysis) is 1. The number of rotatable bonds is 15. The zero-order valence-electron chi connectivity index (χ0n) is 21.9. The highest BCUT2D eigenvalue weighted by atomic mass is 32.2. The van der Waals surface area contributed by atoms with Crippen molar-refractivity contribution >= 4 is 27.7 Å². The molecule has 3 N–H and O–H groups in total. The van der Waals surface area contributed by atoms with E-state index in [1.54, 1.807) is 12.1 Å². The third kappa shape index (κ3) is 10.7. The molecule has 0 saturated heterocycles. The molecule has 2 heterocycles. The molecular weight excluding hydrogens is 508 g/mol. The van der Waals surface area contributed by atoms with Gasteiger partial charge in [0.15, 0.2) is 0 Å². The largest absolute Gasteiger partial charge is 0.480 e. The van der Waals surface area contributed by atoms with Crippen molar-refractivity contribution in [3.05, 3.63) is 59.3 Å². The molecule has 1 atom stereocenters. The minimum Gasteiger partial charge on any atom is -0.480 e. The van der Waals surface area contributed by atoms with Gasteiger partial charge in [-0.05, 0) is 62.3 Å². The molecule has 0 aliphatic carbocycles. The lowest BCUT2D eigenvalue weighted by molar-refractivity contribution is -0.139. The normalized spacial score (nSPS) is 13.8. The number of amides is 1. The Hall–Kier alpha value is -3.18. The zero-order valence-corrected chi connectivity index (χ0v) is 22.7. The van der Waals surface area contributed by atoms with Gasteiger partial charge >= 0.3 is 12.1 Å². The minimum atomic E-state index is -3.17. The average molecular weight is 547 g/mol. The molecule has 0 radical (unpaired) electrons. The van der Waals surface area contributed by atoms with E-state index in [0.29, 0.717) is 19.6 Å². The van der Waals surface area contributed by atoms with Gasteiger partial charge in [-0.15, -0.1) is 0 Å². The van der Waals surface area contributed by atoms with Crippen LogP contribution in [-0.4, -0.2) is 79.7 Å². The van der Waals surface area contributed by atoms with Crippen LogP contribution < -0.4 is 10.6 Å². The number of aryl methyl sites for hydroxylation is 2. The third-order valence-electron chi connectivity index (χ3n) is 6.42. The molecule has 38 heavy (non-hydrogen) atoms. The predicted octanol–water partition coefficient (Wildman–Crippen LogP) is 2.88. The number of hydrogen-bond donors (Lipinski definition) is 3. The van der Waals surface area contributed by atoms with E-state index in [9.17, 15) is 23.1 Å². The Balaban J connectivity index is 1.47. The van der Waals surface area contributed by atoms with Crippen LogP contribution in [0.1, 0.15) is 42.5 Å². The summed E-state index contributed by atoms with van der Waals surface area (Å²) in [5.41, 5.74) is 3.06. The lowest BCUT2D eigenvalue weighted by Crippen LogP contribution is -2.44. The van der Waals surface area contributed by atoms with Gasteiger partial charge < -0.3 is 25.4 Å². The lowest BCUT2D eigenvalue weighted by atomic mass is 10.1. The third-order valence-corrected chi connectivity index (χ3v) is 7.35. The maximum atomic E-state index is 12.2. The number of nitrogens with zero attached hydrogens (tertiary/aromatic N) is 2. The summed E-state index contributed by atoms with van der Waals surface area (Å²) in [5, 5.41) is 15.4. The number of ether oxygens (including phenoxy) is 1. The van der Waals surface area contributed by atoms with E-state index >= 15 is 0 Å². The predicted molar refractivity (Wildman–Crippen MR) is 146 cm³/mol. The van der Waals surface area contributed by atoms with Gasteiger partial charge in [-0.2, -0.15) is 0 Å². The van der Waals surface area contributed by atoms with Crippen molar-refractivity contribution in [1.29, 1.82) is 0 Å². The van der Waals surface area contributed by atoms with E-state index in [4.69, 9.17) is 9.72 Å². The number of carboxylic acids is 1. The highest BCUT2D eigenvalue weighted by Gasteiger charge is 2.22. The monoisotopic (exact) mass is 546 g/mol. The van der Waals surface area contributed by atoms with Crippen molar-refractivity contribution in [2.75, 3.05) is 43.5 Å². The van der Waals surface area contributed by atoms with E-state index in [1.165, 1.54) is 11.8 Å². The van der Waals surface area contributed by atoms with Gasteiger partial charge in [-0.3, -0.25) is 0 Å². The molecule has 1 aromatic carbocycles. The van der Waals surface area contributed by atoms with Gasteiger partial charge in [0.2, 0.25) is 0 Å². The van der Waals surface area contributed by atoms with E-state index in [0.717, 1.165) is 55.7 Å². The fourth-order valence-corrected chi connectivity index (χ4v) is 4.85. The van der Waals surface area contributed by atoms with Crippen molar-refractivity contribution in [3.8, 4) is 0 Å². The van der Waals surface area contributed by atoms with Crippen LogP contribution in [0, 0.1) is 0 Å². The number of aromatic nitrogens is 1. The standard InChI is InChI=1S/C27H38N4O6S/c1-38(35,36)19-18-31(16-6-5-11-23-13-12-22-10-7-15-28-25(22)29-23)17-14-24(26(32)33)30-27(34)37-20-21-8-3-2-4-9-21/h2-4,8-9,12-13,24H,5-7,10-11,14-20H2,1H3,(H,28,29)(H,30,34)(H,32,33)/t24-/m0/s1. The van der Waals surface area contributed by atoms with Gasteiger partial charge in [0.25, 0.3) is 0 Å². The first-order valence-corrected chi connectivity index (χ1v) is 15.1. The van der Waals surface area contributed by atoms with Crippen molar-refractivity contribution < 1.29 is 27.9 Å². The number of hydrogen-bond acceptors (Lipinski definition) is 8. The lowest BCUT2D eigenvalue weighted by Gasteiger charge is -2.24. The molecule has 11 heteroatoms. The second kappa shape index (κ2) is 14.7. The summed E-state index contributed by atoms with van der Waals surface area (Å²) in [6.45, 7) is 2.21. The summed E-state index contributed by atoms with van der Waals surface area (Å²) in [5.74, 6) is -0.218. The molecule has 208 valence electrons. The molecule has 2 aromatic rings. The fraction of sp³-hybridized carbons (Fsp3) is 0.519. The number of unbranched alkanes of at least 4 members (excludes halogenated alkanes) is 1. The molecule has 10 nitrogen and oxygen atoms in total. The van der Waals surface area contributed by atoms with Gasteiger partial charge in [-0.25, -0.2) is 23.0 Å². The van der Waals surface area contributed by atoms with Crippen LogP contribution in [0.5, 0.6) is 0 Å². The first kappa shape index (κ1) is 29.4. The number of carboxylic acid groups (broad SMARTS) is 1. The minimum absolute atomic E-state index is 0.0185. The Morgan fingerprint density at radius 1 is 1.13 bits per heavy atom. The van der Waals surface area contributed by atoms with Gasteiger partial charge in [0, 0.05) is 31.6 Å². The SMILES string of the molecule is CS(=O)(=O)CCN(CCCCc1ccc2c(n1)NCCC2)CC[C@H](NC(=O)OCc1ccccc1)C(=O)O. The van der Waals surface area contributed by atoms with Crippen molar-refractivity contribution in [3.63, 3.8) is 0 Å². The maximum Gasteiger partial charge on any atom is 0.408 e. The van der Waals surface area contributed by atoms with Crippen LogP contribution >= 0.6 is 0 Å². The van der Waals surface area contributed by atoms with Crippen LogP contribution in [-0.2, 0) is 38.8 Å². The first-order chi connectivity index (χ1) is 18.2. The molecule has 0 fully saturated rings. The number of anilines is 1. The molecule has 0 unspecified atom stereocenters. The maximum absolute atomic E-state index is 12.2. The van der Waals surface area contributed by atoms with E-state index in [-0.39, 0.29) is 18.8 Å². The smallest absolute Gasteiger partial charge is 0.408 e. The Kier molecular flexibility index (Phi) is 11.3. The number of carbonyl (C=O) groups excluding carboxylic acids is 1. The van der Waals surface area contributed by atoms with Crippen molar-refractivity contribution in [2.24, 2.45) is 0 Å². The Labute approximate surface area is 224 Å². The topological polar surface area (TPSA) is 138 Å². The molecule has 0 bridgehead atoms. The summed E-state index contributed by atoms with van der Waals surface area (Å²) in [4.78, 5) is 30.6. The second-order valence-corrected chi connectivity index (χ2v) is 11.9. The van der Waals surface area contributed by atoms with E-state index < -0.39 is 27.9 Å². The number of pyridine rings is 1. The van der Waals surface area contributed by atoms with Crippen LogP contribution in [0.15, 0.2) is 42.5 Å². The summed E-state index contributed by atoms with van der Waals surface area (Å²) in [6.07, 6.45) is 5.14. The molecule has 1 aliphatic rings. The molecule has 1 amide bonds. The van der Waals surface area contributed by atoms with Crippen LogP contribution in [0.2, 0.25) is 0 Å². The van der Waals surface area contributed by atoms with Gasteiger partial charge in [-0.1, -0.05) is 36.4 Å². The molecule has 1 aliphatic heterocycles. The van der Waals surface area contributed by atoms with Gasteiger partial charge in [0.1, 0.15) is 28.3 Å². The summed E-state index contributed by atoms with van der Waals surface area (Å²) < 4.78 is 28.6. The van der Waals surface area contributed by atoms with Crippen molar-refractivity contribution in [2.45, 2.75) is 51.2 Å². The number of benzene rings is 1. The molecular formula is C27H38N4O6S. The van der Waals surface area contributed by atoms with E-state index in [2.05, 4.69) is 22.8 Å². The van der Waals surface area contributed by atoms with E-state index in [1.807, 2.05) is 23.1 Å². The summed E-state index contributed by atoms with van der Waals surface area (Å²) >= 11 is 0. The second-order valence-electron chi connectivity index (χ2n) is 9.65. The highest BCUT2D eigenvalue weighted by molar-refractivity contribution is 7.90. The average Bonchev–Trinajstić information content (AvgIpc) is 2.90. The zero-order chi connectivity index (χ0) is 27.4. The Bertz CT molecular complexity index is 1160. The van der Waals surface area contributed by atoms with Crippen LogP contribution in [0.4, 0.5) is 10.6 Å². The summed E-state index contributed by atoms with van der Waals surface area (Å²) in [7, 11) is -3.17. The van der Waals surface area contributed by atoms with Gasteiger partial charge in [0.05, 0.1) is 5.75 Å². The Morgan fingerprint density at radius 2 is 1.92 bits per heavy atom.